The van der Waals surface area contributed by atoms with Crippen LogP contribution >= 0.6 is 22.6 Å². The maximum Gasteiger partial charge on any atom is 0.0349 e. The highest BCUT2D eigenvalue weighted by molar-refractivity contribution is 14.1. The lowest BCUT2D eigenvalue weighted by Gasteiger charge is -2.02. The number of rotatable bonds is 0. The molecule has 1 nitrogen and oxygen atoms in total. The minimum absolute atomic E-state index is 1.25. The van der Waals surface area contributed by atoms with E-state index in [4.69, 9.17) is 0 Å². The van der Waals surface area contributed by atoms with Crippen molar-refractivity contribution in [2.24, 2.45) is 0 Å². The van der Waals surface area contributed by atoms with Crippen molar-refractivity contribution in [2.75, 3.05) is 0 Å². The first kappa shape index (κ1) is 7.98. The minimum atomic E-state index is 1.25. The van der Waals surface area contributed by atoms with Crippen LogP contribution in [0, 0.1) is 10.5 Å². The van der Waals surface area contributed by atoms with Crippen molar-refractivity contribution in [3.63, 3.8) is 0 Å². The highest BCUT2D eigenvalue weighted by atomic mass is 127. The summed E-state index contributed by atoms with van der Waals surface area (Å²) < 4.78 is 1.29. The molecule has 0 atom stereocenters. The van der Waals surface area contributed by atoms with Gasteiger partial charge in [0.1, 0.15) is 0 Å². The van der Waals surface area contributed by atoms with E-state index < -0.39 is 0 Å². The van der Waals surface area contributed by atoms with Crippen LogP contribution in [-0.4, -0.2) is 4.98 Å². The number of fused-ring (bicyclic) bond motifs is 1. The van der Waals surface area contributed by atoms with Crippen LogP contribution in [0.5, 0.6) is 0 Å². The Morgan fingerprint density at radius 2 is 2.00 bits per heavy atom. The van der Waals surface area contributed by atoms with Crippen LogP contribution in [0.15, 0.2) is 30.6 Å². The number of aromatic nitrogens is 1. The highest BCUT2D eigenvalue weighted by Gasteiger charge is 1.99. The molecular formula is C10H8IN. The summed E-state index contributed by atoms with van der Waals surface area (Å²) in [5, 5.41) is 2.55. The molecule has 0 N–H and O–H groups in total. The first-order valence-corrected chi connectivity index (χ1v) is 4.86. The SMILES string of the molecule is Cc1ccc(I)c2ccncc12. The van der Waals surface area contributed by atoms with Crippen molar-refractivity contribution in [3.05, 3.63) is 39.7 Å². The summed E-state index contributed by atoms with van der Waals surface area (Å²) in [4.78, 5) is 4.11. The van der Waals surface area contributed by atoms with Crippen molar-refractivity contribution in [3.8, 4) is 0 Å². The number of aryl methyl sites for hydroxylation is 1. The first-order chi connectivity index (χ1) is 5.79. The highest BCUT2D eigenvalue weighted by Crippen LogP contribution is 2.22. The van der Waals surface area contributed by atoms with Gasteiger partial charge in [0.2, 0.25) is 0 Å². The first-order valence-electron chi connectivity index (χ1n) is 3.78. The fourth-order valence-corrected chi connectivity index (χ4v) is 1.94. The van der Waals surface area contributed by atoms with Crippen LogP contribution in [0.25, 0.3) is 10.8 Å². The van der Waals surface area contributed by atoms with Crippen LogP contribution < -0.4 is 0 Å². The summed E-state index contributed by atoms with van der Waals surface area (Å²) in [6, 6.07) is 6.33. The zero-order valence-electron chi connectivity index (χ0n) is 6.71. The molecule has 2 rings (SSSR count). The van der Waals surface area contributed by atoms with Gasteiger partial charge in [-0.2, -0.15) is 0 Å². The Balaban J connectivity index is 2.95. The second-order valence-electron chi connectivity index (χ2n) is 2.79. The lowest BCUT2D eigenvalue weighted by Crippen LogP contribution is -1.82. The summed E-state index contributed by atoms with van der Waals surface area (Å²) >= 11 is 2.35. The molecule has 0 radical (unpaired) electrons. The molecule has 0 saturated carbocycles. The second-order valence-corrected chi connectivity index (χ2v) is 3.95. The van der Waals surface area contributed by atoms with E-state index in [-0.39, 0.29) is 0 Å². The molecule has 1 aromatic heterocycles. The molecule has 0 fully saturated rings. The number of halogens is 1. The summed E-state index contributed by atoms with van der Waals surface area (Å²) in [5.74, 6) is 0. The van der Waals surface area contributed by atoms with Gasteiger partial charge in [0.15, 0.2) is 0 Å². The molecule has 0 aliphatic heterocycles. The van der Waals surface area contributed by atoms with E-state index >= 15 is 0 Å². The summed E-state index contributed by atoms with van der Waals surface area (Å²) in [6.07, 6.45) is 3.76. The normalized spacial score (nSPS) is 10.5. The van der Waals surface area contributed by atoms with Crippen LogP contribution in [0.2, 0.25) is 0 Å². The Morgan fingerprint density at radius 3 is 2.75 bits per heavy atom. The molecule has 12 heavy (non-hydrogen) atoms. The Morgan fingerprint density at radius 1 is 1.17 bits per heavy atom. The largest absolute Gasteiger partial charge is 0.264 e. The molecular weight excluding hydrogens is 261 g/mol. The fraction of sp³-hybridized carbons (Fsp3) is 0.100. The predicted molar refractivity (Wildman–Crippen MR) is 59.2 cm³/mol. The smallest absolute Gasteiger partial charge is 0.0349 e. The van der Waals surface area contributed by atoms with E-state index in [2.05, 4.69) is 52.7 Å². The molecule has 2 heteroatoms. The molecule has 0 amide bonds. The molecule has 0 saturated heterocycles. The molecule has 0 bridgehead atoms. The van der Waals surface area contributed by atoms with Gasteiger partial charge in [-0.25, -0.2) is 0 Å². The lowest BCUT2D eigenvalue weighted by molar-refractivity contribution is 1.35. The molecule has 1 aromatic carbocycles. The number of hydrogen-bond acceptors (Lipinski definition) is 1. The van der Waals surface area contributed by atoms with Crippen molar-refractivity contribution in [2.45, 2.75) is 6.92 Å². The van der Waals surface area contributed by atoms with E-state index in [1.54, 1.807) is 0 Å². The van der Waals surface area contributed by atoms with Crippen molar-refractivity contribution in [1.82, 2.24) is 4.98 Å². The predicted octanol–water partition coefficient (Wildman–Crippen LogP) is 3.15. The Hall–Kier alpha value is -0.640. The molecule has 0 unspecified atom stereocenters. The summed E-state index contributed by atoms with van der Waals surface area (Å²) in [6.45, 7) is 2.11. The van der Waals surface area contributed by atoms with Crippen LogP contribution in [0.4, 0.5) is 0 Å². The van der Waals surface area contributed by atoms with E-state index in [1.807, 2.05) is 12.4 Å². The van der Waals surface area contributed by atoms with Crippen molar-refractivity contribution < 1.29 is 0 Å². The van der Waals surface area contributed by atoms with Gasteiger partial charge in [0, 0.05) is 21.4 Å². The number of benzene rings is 1. The van der Waals surface area contributed by atoms with Gasteiger partial charge in [-0.05, 0) is 52.6 Å². The number of nitrogens with zero attached hydrogens (tertiary/aromatic N) is 1. The minimum Gasteiger partial charge on any atom is -0.264 e. The molecule has 1 heterocycles. The van der Waals surface area contributed by atoms with Crippen LogP contribution in [-0.2, 0) is 0 Å². The van der Waals surface area contributed by atoms with E-state index in [9.17, 15) is 0 Å². The monoisotopic (exact) mass is 269 g/mol. The number of hydrogen-bond donors (Lipinski definition) is 0. The maximum absolute atomic E-state index is 4.11. The Bertz CT molecular complexity index is 383. The Kier molecular flexibility index (Phi) is 2.00. The quantitative estimate of drug-likeness (QED) is 0.669. The topological polar surface area (TPSA) is 12.9 Å². The fourth-order valence-electron chi connectivity index (χ4n) is 1.29. The van der Waals surface area contributed by atoms with Crippen molar-refractivity contribution >= 4 is 33.4 Å². The van der Waals surface area contributed by atoms with Gasteiger partial charge in [-0.1, -0.05) is 6.07 Å². The van der Waals surface area contributed by atoms with Gasteiger partial charge < -0.3 is 0 Å². The third-order valence-corrected chi connectivity index (χ3v) is 2.92. The van der Waals surface area contributed by atoms with Gasteiger partial charge >= 0.3 is 0 Å². The van der Waals surface area contributed by atoms with Gasteiger partial charge in [-0.15, -0.1) is 0 Å². The van der Waals surface area contributed by atoms with Gasteiger partial charge in [0.25, 0.3) is 0 Å². The molecule has 0 aliphatic carbocycles. The van der Waals surface area contributed by atoms with E-state index in [0.29, 0.717) is 0 Å². The zero-order chi connectivity index (χ0) is 8.55. The second kappa shape index (κ2) is 3.01. The average Bonchev–Trinajstić information content (AvgIpc) is 2.12. The number of pyridine rings is 1. The maximum atomic E-state index is 4.11. The average molecular weight is 269 g/mol. The molecule has 0 aliphatic rings. The molecule has 2 aromatic rings. The third-order valence-electron chi connectivity index (χ3n) is 1.98. The van der Waals surface area contributed by atoms with Gasteiger partial charge in [0.05, 0.1) is 0 Å². The Labute approximate surface area is 85.0 Å². The van der Waals surface area contributed by atoms with Crippen LogP contribution in [0.3, 0.4) is 0 Å². The lowest BCUT2D eigenvalue weighted by atomic mass is 10.1. The molecule has 0 spiro atoms. The van der Waals surface area contributed by atoms with E-state index in [1.165, 1.54) is 19.9 Å². The standard InChI is InChI=1S/C10H8IN/c1-7-2-3-10(11)8-4-5-12-6-9(7)8/h2-6H,1H3. The van der Waals surface area contributed by atoms with Gasteiger partial charge in [-0.3, -0.25) is 4.98 Å². The summed E-state index contributed by atoms with van der Waals surface area (Å²) in [5.41, 5.74) is 1.29. The van der Waals surface area contributed by atoms with E-state index in [0.717, 1.165) is 0 Å². The zero-order valence-corrected chi connectivity index (χ0v) is 8.87. The molecule has 60 valence electrons. The summed E-state index contributed by atoms with van der Waals surface area (Å²) in [7, 11) is 0. The third kappa shape index (κ3) is 1.20. The van der Waals surface area contributed by atoms with Crippen molar-refractivity contribution in [1.29, 1.82) is 0 Å². The van der Waals surface area contributed by atoms with Crippen LogP contribution in [0.1, 0.15) is 5.56 Å².